The standard InChI is InChI=1S/C18H25FN6O/c1-3-4-7-25-18(20-21-22-25)13-23-8-10-24(11-9-23)17-6-5-15(14(2)26)12-16(17)19/h5-6,12H,3-4,7-11,13H2,1-2H3. The van der Waals surface area contributed by atoms with Gasteiger partial charge in [0.25, 0.3) is 0 Å². The molecule has 140 valence electrons. The van der Waals surface area contributed by atoms with Crippen LogP contribution in [0.2, 0.25) is 0 Å². The van der Waals surface area contributed by atoms with Crippen molar-refractivity contribution in [3.63, 3.8) is 0 Å². The summed E-state index contributed by atoms with van der Waals surface area (Å²) < 4.78 is 16.2. The van der Waals surface area contributed by atoms with E-state index in [4.69, 9.17) is 0 Å². The lowest BCUT2D eigenvalue weighted by Crippen LogP contribution is -2.46. The van der Waals surface area contributed by atoms with E-state index < -0.39 is 0 Å². The number of carbonyl (C=O) groups excluding carboxylic acids is 1. The van der Waals surface area contributed by atoms with Crippen molar-refractivity contribution in [3.8, 4) is 0 Å². The highest BCUT2D eigenvalue weighted by atomic mass is 19.1. The zero-order chi connectivity index (χ0) is 18.5. The first-order chi connectivity index (χ1) is 12.6. The lowest BCUT2D eigenvalue weighted by atomic mass is 10.1. The topological polar surface area (TPSA) is 67.2 Å². The SMILES string of the molecule is CCCCn1nnnc1CN1CCN(c2ccc(C(C)=O)cc2F)CC1. The minimum absolute atomic E-state index is 0.124. The Hall–Kier alpha value is -2.35. The molecule has 2 aromatic rings. The molecule has 0 N–H and O–H groups in total. The second kappa shape index (κ2) is 8.35. The van der Waals surface area contributed by atoms with Crippen LogP contribution in [0.1, 0.15) is 42.9 Å². The third-order valence-electron chi connectivity index (χ3n) is 4.76. The number of benzene rings is 1. The van der Waals surface area contributed by atoms with Crippen LogP contribution in [-0.2, 0) is 13.1 Å². The number of rotatable bonds is 7. The van der Waals surface area contributed by atoms with Gasteiger partial charge in [0, 0.05) is 38.3 Å². The zero-order valence-corrected chi connectivity index (χ0v) is 15.4. The highest BCUT2D eigenvalue weighted by Crippen LogP contribution is 2.22. The Morgan fingerprint density at radius 3 is 2.65 bits per heavy atom. The number of Topliss-reactive ketones (excluding diaryl/α,β-unsaturated/α-hetero) is 1. The molecule has 1 aromatic heterocycles. The summed E-state index contributed by atoms with van der Waals surface area (Å²) in [6.45, 7) is 8.22. The fourth-order valence-corrected chi connectivity index (χ4v) is 3.15. The van der Waals surface area contributed by atoms with E-state index in [1.54, 1.807) is 12.1 Å². The Morgan fingerprint density at radius 1 is 1.23 bits per heavy atom. The Kier molecular flexibility index (Phi) is 5.92. The van der Waals surface area contributed by atoms with Gasteiger partial charge in [-0.05, 0) is 42.0 Å². The van der Waals surface area contributed by atoms with Crippen molar-refractivity contribution in [1.29, 1.82) is 0 Å². The summed E-state index contributed by atoms with van der Waals surface area (Å²) in [5.74, 6) is 0.416. The van der Waals surface area contributed by atoms with Gasteiger partial charge in [-0.3, -0.25) is 9.69 Å². The number of hydrogen-bond acceptors (Lipinski definition) is 6. The molecule has 0 bridgehead atoms. The molecule has 0 atom stereocenters. The molecule has 8 heteroatoms. The van der Waals surface area contributed by atoms with Gasteiger partial charge in [-0.15, -0.1) is 5.10 Å². The third kappa shape index (κ3) is 4.24. The molecule has 1 aromatic carbocycles. The lowest BCUT2D eigenvalue weighted by molar-refractivity contribution is 0.101. The number of unbranched alkanes of at least 4 members (excludes halogenated alkanes) is 1. The maximum atomic E-state index is 14.3. The molecule has 0 aliphatic carbocycles. The van der Waals surface area contributed by atoms with Crippen LogP contribution in [-0.4, -0.2) is 57.1 Å². The first-order valence-corrected chi connectivity index (χ1v) is 9.11. The number of aromatic nitrogens is 4. The van der Waals surface area contributed by atoms with Gasteiger partial charge in [0.2, 0.25) is 0 Å². The fourth-order valence-electron chi connectivity index (χ4n) is 3.15. The van der Waals surface area contributed by atoms with Crippen molar-refractivity contribution < 1.29 is 9.18 Å². The molecule has 0 amide bonds. The molecule has 1 fully saturated rings. The van der Waals surface area contributed by atoms with Gasteiger partial charge in [-0.2, -0.15) is 0 Å². The van der Waals surface area contributed by atoms with E-state index in [-0.39, 0.29) is 11.6 Å². The summed E-state index contributed by atoms with van der Waals surface area (Å²) >= 11 is 0. The van der Waals surface area contributed by atoms with E-state index in [0.717, 1.165) is 51.4 Å². The average molecular weight is 360 g/mol. The van der Waals surface area contributed by atoms with Crippen molar-refractivity contribution >= 4 is 11.5 Å². The smallest absolute Gasteiger partial charge is 0.165 e. The highest BCUT2D eigenvalue weighted by molar-refractivity contribution is 5.94. The summed E-state index contributed by atoms with van der Waals surface area (Å²) in [5, 5.41) is 12.0. The summed E-state index contributed by atoms with van der Waals surface area (Å²) in [6.07, 6.45) is 2.16. The van der Waals surface area contributed by atoms with Crippen molar-refractivity contribution in [2.45, 2.75) is 39.8 Å². The zero-order valence-electron chi connectivity index (χ0n) is 15.4. The minimum Gasteiger partial charge on any atom is -0.367 e. The molecule has 26 heavy (non-hydrogen) atoms. The number of nitrogens with zero attached hydrogens (tertiary/aromatic N) is 6. The maximum Gasteiger partial charge on any atom is 0.165 e. The average Bonchev–Trinajstić information content (AvgIpc) is 3.07. The van der Waals surface area contributed by atoms with Crippen LogP contribution in [0.25, 0.3) is 0 Å². The molecule has 3 rings (SSSR count). The van der Waals surface area contributed by atoms with Crippen LogP contribution in [0.5, 0.6) is 0 Å². The molecule has 7 nitrogen and oxygen atoms in total. The predicted octanol–water partition coefficient (Wildman–Crippen LogP) is 2.14. The van der Waals surface area contributed by atoms with Gasteiger partial charge in [0.15, 0.2) is 11.6 Å². The summed E-state index contributed by atoms with van der Waals surface area (Å²) in [5.41, 5.74) is 0.964. The van der Waals surface area contributed by atoms with Gasteiger partial charge in [-0.25, -0.2) is 9.07 Å². The Bertz CT molecular complexity index is 754. The normalized spacial score (nSPS) is 15.4. The number of aryl methyl sites for hydroxylation is 1. The number of ketones is 1. The van der Waals surface area contributed by atoms with Crippen LogP contribution < -0.4 is 4.90 Å². The quantitative estimate of drug-likeness (QED) is 0.705. The Morgan fingerprint density at radius 2 is 2.00 bits per heavy atom. The van der Waals surface area contributed by atoms with Crippen LogP contribution >= 0.6 is 0 Å². The van der Waals surface area contributed by atoms with Gasteiger partial charge in [-0.1, -0.05) is 13.3 Å². The first kappa shape index (κ1) is 18.4. The van der Waals surface area contributed by atoms with Gasteiger partial charge in [0.1, 0.15) is 5.82 Å². The second-order valence-corrected chi connectivity index (χ2v) is 6.66. The Labute approximate surface area is 152 Å². The maximum absolute atomic E-state index is 14.3. The van der Waals surface area contributed by atoms with E-state index in [9.17, 15) is 9.18 Å². The van der Waals surface area contributed by atoms with Crippen LogP contribution in [0, 0.1) is 5.82 Å². The Balaban J connectivity index is 1.58. The van der Waals surface area contributed by atoms with Crippen molar-refractivity contribution in [2.24, 2.45) is 0 Å². The molecular formula is C18H25FN6O. The van der Waals surface area contributed by atoms with Crippen LogP contribution in [0.15, 0.2) is 18.2 Å². The molecule has 0 saturated carbocycles. The monoisotopic (exact) mass is 360 g/mol. The highest BCUT2D eigenvalue weighted by Gasteiger charge is 2.21. The van der Waals surface area contributed by atoms with Crippen LogP contribution in [0.4, 0.5) is 10.1 Å². The molecule has 1 saturated heterocycles. The lowest BCUT2D eigenvalue weighted by Gasteiger charge is -2.35. The summed E-state index contributed by atoms with van der Waals surface area (Å²) in [7, 11) is 0. The van der Waals surface area contributed by atoms with E-state index in [2.05, 4.69) is 27.3 Å². The molecular weight excluding hydrogens is 335 g/mol. The predicted molar refractivity (Wildman–Crippen MR) is 96.6 cm³/mol. The minimum atomic E-state index is -0.338. The fraction of sp³-hybridized carbons (Fsp3) is 0.556. The van der Waals surface area contributed by atoms with E-state index in [1.807, 2.05) is 9.58 Å². The number of piperazine rings is 1. The number of hydrogen-bond donors (Lipinski definition) is 0. The van der Waals surface area contributed by atoms with Gasteiger partial charge >= 0.3 is 0 Å². The van der Waals surface area contributed by atoms with Gasteiger partial charge in [0.05, 0.1) is 12.2 Å². The largest absolute Gasteiger partial charge is 0.367 e. The first-order valence-electron chi connectivity index (χ1n) is 9.11. The van der Waals surface area contributed by atoms with Crippen LogP contribution in [0.3, 0.4) is 0 Å². The number of tetrazole rings is 1. The third-order valence-corrected chi connectivity index (χ3v) is 4.76. The molecule has 0 unspecified atom stereocenters. The van der Waals surface area contributed by atoms with Crippen molar-refractivity contribution in [1.82, 2.24) is 25.1 Å². The number of carbonyl (C=O) groups is 1. The molecule has 0 radical (unpaired) electrons. The van der Waals surface area contributed by atoms with Gasteiger partial charge < -0.3 is 4.90 Å². The number of halogens is 1. The molecule has 2 heterocycles. The van der Waals surface area contributed by atoms with Crippen molar-refractivity contribution in [2.75, 3.05) is 31.1 Å². The van der Waals surface area contributed by atoms with E-state index in [0.29, 0.717) is 17.8 Å². The van der Waals surface area contributed by atoms with E-state index in [1.165, 1.54) is 13.0 Å². The molecule has 0 spiro atoms. The van der Waals surface area contributed by atoms with E-state index >= 15 is 0 Å². The second-order valence-electron chi connectivity index (χ2n) is 6.66. The molecule has 1 aliphatic rings. The summed E-state index contributed by atoms with van der Waals surface area (Å²) in [4.78, 5) is 15.7. The molecule has 1 aliphatic heterocycles. The number of anilines is 1. The summed E-state index contributed by atoms with van der Waals surface area (Å²) in [6, 6.07) is 4.72. The van der Waals surface area contributed by atoms with Crippen molar-refractivity contribution in [3.05, 3.63) is 35.4 Å².